The molecule has 3 nitrogen and oxygen atoms in total. The first-order valence-corrected chi connectivity index (χ1v) is 5.69. The molecule has 0 bridgehead atoms. The van der Waals surface area contributed by atoms with E-state index in [9.17, 15) is 0 Å². The summed E-state index contributed by atoms with van der Waals surface area (Å²) in [6.45, 7) is 4.16. The summed E-state index contributed by atoms with van der Waals surface area (Å²) in [4.78, 5) is 8.13. The SMILES string of the molecule is C=CCCOc1cc(Cl)nc(SC)n1. The number of ether oxygens (including phenoxy) is 1. The van der Waals surface area contributed by atoms with Crippen LogP contribution in [0.15, 0.2) is 23.9 Å². The lowest BCUT2D eigenvalue weighted by molar-refractivity contribution is 0.309. The summed E-state index contributed by atoms with van der Waals surface area (Å²) < 4.78 is 5.35. The number of thioether (sulfide) groups is 1. The average Bonchev–Trinajstić information content (AvgIpc) is 2.17. The molecule has 5 heteroatoms. The largest absolute Gasteiger partial charge is 0.477 e. The van der Waals surface area contributed by atoms with E-state index in [1.54, 1.807) is 12.1 Å². The van der Waals surface area contributed by atoms with Gasteiger partial charge < -0.3 is 4.74 Å². The highest BCUT2D eigenvalue weighted by Gasteiger charge is 2.02. The fourth-order valence-electron chi connectivity index (χ4n) is 0.789. The van der Waals surface area contributed by atoms with Crippen LogP contribution in [0.25, 0.3) is 0 Å². The molecule has 0 saturated carbocycles. The molecule has 0 unspecified atom stereocenters. The van der Waals surface area contributed by atoms with Gasteiger partial charge >= 0.3 is 0 Å². The fraction of sp³-hybridized carbons (Fsp3) is 0.333. The van der Waals surface area contributed by atoms with Gasteiger partial charge in [-0.25, -0.2) is 4.98 Å². The molecule has 14 heavy (non-hydrogen) atoms. The Morgan fingerprint density at radius 1 is 1.64 bits per heavy atom. The molecule has 0 amide bonds. The van der Waals surface area contributed by atoms with Gasteiger partial charge in [-0.15, -0.1) is 6.58 Å². The predicted octanol–water partition coefficient (Wildman–Crippen LogP) is 2.81. The number of hydrogen-bond acceptors (Lipinski definition) is 4. The van der Waals surface area contributed by atoms with Crippen molar-refractivity contribution in [3.8, 4) is 5.88 Å². The Kier molecular flexibility index (Phi) is 4.76. The summed E-state index contributed by atoms with van der Waals surface area (Å²) in [5.41, 5.74) is 0. The Bertz CT molecular complexity index is 320. The summed E-state index contributed by atoms with van der Waals surface area (Å²) in [6, 6.07) is 1.60. The number of nitrogens with zero attached hydrogens (tertiary/aromatic N) is 2. The van der Waals surface area contributed by atoms with Crippen LogP contribution in [0.2, 0.25) is 5.15 Å². The zero-order chi connectivity index (χ0) is 10.4. The Hall–Kier alpha value is -0.740. The van der Waals surface area contributed by atoms with Gasteiger partial charge in [0.05, 0.1) is 6.61 Å². The van der Waals surface area contributed by atoms with E-state index in [-0.39, 0.29) is 0 Å². The molecule has 1 rings (SSSR count). The van der Waals surface area contributed by atoms with Gasteiger partial charge in [0.25, 0.3) is 0 Å². The molecule has 0 spiro atoms. The highest BCUT2D eigenvalue weighted by Crippen LogP contribution is 2.18. The summed E-state index contributed by atoms with van der Waals surface area (Å²) in [5.74, 6) is 0.510. The lowest BCUT2D eigenvalue weighted by Crippen LogP contribution is -1.99. The normalized spacial score (nSPS) is 9.86. The lowest BCUT2D eigenvalue weighted by atomic mass is 10.4. The minimum absolute atomic E-state index is 0.401. The number of rotatable bonds is 5. The number of halogens is 1. The summed E-state index contributed by atoms with van der Waals surface area (Å²) in [5, 5.41) is 1.02. The van der Waals surface area contributed by atoms with Crippen molar-refractivity contribution >= 4 is 23.4 Å². The fourth-order valence-corrected chi connectivity index (χ4v) is 1.38. The van der Waals surface area contributed by atoms with Crippen LogP contribution < -0.4 is 4.74 Å². The number of hydrogen-bond donors (Lipinski definition) is 0. The van der Waals surface area contributed by atoms with Crippen LogP contribution in [0.3, 0.4) is 0 Å². The van der Waals surface area contributed by atoms with Crippen LogP contribution in [0.4, 0.5) is 0 Å². The summed E-state index contributed by atoms with van der Waals surface area (Å²) in [6.07, 6.45) is 4.47. The van der Waals surface area contributed by atoms with Gasteiger partial charge in [-0.1, -0.05) is 29.4 Å². The molecule has 76 valence electrons. The highest BCUT2D eigenvalue weighted by molar-refractivity contribution is 7.98. The van der Waals surface area contributed by atoms with Crippen LogP contribution in [-0.2, 0) is 0 Å². The molecule has 0 radical (unpaired) electrons. The minimum atomic E-state index is 0.401. The second kappa shape index (κ2) is 5.88. The van der Waals surface area contributed by atoms with Crippen LogP contribution in [0, 0.1) is 0 Å². The molecule has 0 fully saturated rings. The standard InChI is InChI=1S/C9H11ClN2OS/c1-3-4-5-13-8-6-7(10)11-9(12-8)14-2/h3,6H,1,4-5H2,2H3. The van der Waals surface area contributed by atoms with Crippen LogP contribution >= 0.6 is 23.4 Å². The zero-order valence-electron chi connectivity index (χ0n) is 7.86. The van der Waals surface area contributed by atoms with Crippen LogP contribution in [-0.4, -0.2) is 22.8 Å². The van der Waals surface area contributed by atoms with E-state index in [2.05, 4.69) is 16.5 Å². The average molecular weight is 231 g/mol. The summed E-state index contributed by atoms with van der Waals surface area (Å²) in [7, 11) is 0. The molecule has 0 saturated heterocycles. The van der Waals surface area contributed by atoms with E-state index < -0.39 is 0 Å². The Balaban J connectivity index is 2.66. The van der Waals surface area contributed by atoms with E-state index in [1.165, 1.54) is 11.8 Å². The van der Waals surface area contributed by atoms with Gasteiger partial charge in [-0.2, -0.15) is 4.98 Å². The molecule has 0 aliphatic carbocycles. The first-order chi connectivity index (χ1) is 6.76. The van der Waals surface area contributed by atoms with E-state index >= 15 is 0 Å². The molecule has 1 heterocycles. The van der Waals surface area contributed by atoms with E-state index in [1.807, 2.05) is 6.26 Å². The maximum atomic E-state index is 5.78. The molecule has 0 aliphatic heterocycles. The van der Waals surface area contributed by atoms with Crippen molar-refractivity contribution in [3.05, 3.63) is 23.9 Å². The van der Waals surface area contributed by atoms with Crippen LogP contribution in [0.5, 0.6) is 5.88 Å². The summed E-state index contributed by atoms with van der Waals surface area (Å²) >= 11 is 7.21. The smallest absolute Gasteiger partial charge is 0.218 e. The van der Waals surface area contributed by atoms with Gasteiger partial charge in [0.1, 0.15) is 5.15 Å². The van der Waals surface area contributed by atoms with Gasteiger partial charge in [0.15, 0.2) is 5.16 Å². The van der Waals surface area contributed by atoms with Gasteiger partial charge in [-0.05, 0) is 12.7 Å². The molecule has 0 aliphatic rings. The maximum Gasteiger partial charge on any atom is 0.218 e. The molecule has 0 N–H and O–H groups in total. The quantitative estimate of drug-likeness (QED) is 0.256. The highest BCUT2D eigenvalue weighted by atomic mass is 35.5. The molecular formula is C9H11ClN2OS. The Morgan fingerprint density at radius 3 is 3.07 bits per heavy atom. The zero-order valence-corrected chi connectivity index (χ0v) is 9.44. The third-order valence-corrected chi connectivity index (χ3v) is 2.15. The molecule has 0 aromatic carbocycles. The van der Waals surface area contributed by atoms with Crippen molar-refractivity contribution in [2.24, 2.45) is 0 Å². The number of aromatic nitrogens is 2. The first kappa shape index (κ1) is 11.3. The topological polar surface area (TPSA) is 35.0 Å². The Morgan fingerprint density at radius 2 is 2.43 bits per heavy atom. The molecule has 0 atom stereocenters. The second-order valence-corrected chi connectivity index (χ2v) is 3.60. The van der Waals surface area contributed by atoms with Crippen LogP contribution in [0.1, 0.15) is 6.42 Å². The third-order valence-electron chi connectivity index (χ3n) is 1.41. The van der Waals surface area contributed by atoms with Crippen molar-refractivity contribution in [2.75, 3.05) is 12.9 Å². The van der Waals surface area contributed by atoms with Crippen molar-refractivity contribution < 1.29 is 4.74 Å². The first-order valence-electron chi connectivity index (χ1n) is 4.08. The Labute approximate surface area is 92.5 Å². The van der Waals surface area contributed by atoms with Crippen molar-refractivity contribution in [1.29, 1.82) is 0 Å². The van der Waals surface area contributed by atoms with Gasteiger partial charge in [0, 0.05) is 6.07 Å². The van der Waals surface area contributed by atoms with Gasteiger partial charge in [-0.3, -0.25) is 0 Å². The predicted molar refractivity (Wildman–Crippen MR) is 59.1 cm³/mol. The van der Waals surface area contributed by atoms with Crippen molar-refractivity contribution in [1.82, 2.24) is 9.97 Å². The van der Waals surface area contributed by atoms with E-state index in [0.29, 0.717) is 22.8 Å². The van der Waals surface area contributed by atoms with Gasteiger partial charge in [0.2, 0.25) is 5.88 Å². The van der Waals surface area contributed by atoms with Crippen molar-refractivity contribution in [3.63, 3.8) is 0 Å². The third kappa shape index (κ3) is 3.55. The molecule has 1 aromatic heterocycles. The molecular weight excluding hydrogens is 220 g/mol. The van der Waals surface area contributed by atoms with Crippen molar-refractivity contribution in [2.45, 2.75) is 11.6 Å². The maximum absolute atomic E-state index is 5.78. The van der Waals surface area contributed by atoms with E-state index in [0.717, 1.165) is 6.42 Å². The molecule has 1 aromatic rings. The second-order valence-electron chi connectivity index (χ2n) is 2.44. The monoisotopic (exact) mass is 230 g/mol. The van der Waals surface area contributed by atoms with E-state index in [4.69, 9.17) is 16.3 Å². The lowest BCUT2D eigenvalue weighted by Gasteiger charge is -2.04. The minimum Gasteiger partial charge on any atom is -0.477 e.